The van der Waals surface area contributed by atoms with Crippen molar-refractivity contribution in [2.24, 2.45) is 0 Å². The van der Waals surface area contributed by atoms with E-state index in [-0.39, 0.29) is 14.5 Å². The van der Waals surface area contributed by atoms with Gasteiger partial charge in [-0.1, -0.05) is 55.2 Å². The first-order valence-electron chi connectivity index (χ1n) is 16.3. The third-order valence-electron chi connectivity index (χ3n) is 8.40. The Bertz CT molecular complexity index is 2430. The molecule has 0 saturated carbocycles. The number of nitrogens with one attached hydrogen (secondary N) is 1. The first-order chi connectivity index (χ1) is 23.6. The molecule has 0 spiro atoms. The predicted octanol–water partition coefficient (Wildman–Crippen LogP) is 13.0. The predicted molar refractivity (Wildman–Crippen MR) is 216 cm³/mol. The summed E-state index contributed by atoms with van der Waals surface area (Å²) in [7, 11) is 0. The van der Waals surface area contributed by atoms with Crippen LogP contribution in [0.1, 0.15) is 26.3 Å². The molecule has 0 saturated heterocycles. The minimum atomic E-state index is 0.269. The van der Waals surface area contributed by atoms with Gasteiger partial charge in [-0.3, -0.25) is 0 Å². The van der Waals surface area contributed by atoms with Crippen LogP contribution in [0.25, 0.3) is 63.6 Å². The van der Waals surface area contributed by atoms with Crippen LogP contribution in [0.15, 0.2) is 165 Å². The summed E-state index contributed by atoms with van der Waals surface area (Å²) in [5.74, 6) is 0. The first-order valence-corrected chi connectivity index (χ1v) is 18.0. The number of hydrogen-bond acceptors (Lipinski definition) is 1. The number of para-hydroxylation sites is 2. The molecule has 8 aromatic rings. The van der Waals surface area contributed by atoms with E-state index in [1.807, 2.05) is 57.2 Å². The van der Waals surface area contributed by atoms with Crippen molar-refractivity contribution in [1.82, 2.24) is 4.57 Å². The van der Waals surface area contributed by atoms with Crippen LogP contribution in [-0.4, -0.2) is 19.1 Å². The van der Waals surface area contributed by atoms with E-state index in [1.54, 1.807) is 6.08 Å². The summed E-state index contributed by atoms with van der Waals surface area (Å²) in [6, 6.07) is 43.9. The monoisotopic (exact) mass is 688 g/mol. The number of fused-ring (bicyclic) bond motifs is 7. The van der Waals surface area contributed by atoms with Gasteiger partial charge in [0.1, 0.15) is 0 Å². The Hall–Kier alpha value is -5.34. The fraction of sp³-hybridized carbons (Fsp3) is 0.0667. The van der Waals surface area contributed by atoms with Gasteiger partial charge in [-0.05, 0) is 20.8 Å². The van der Waals surface area contributed by atoms with Crippen molar-refractivity contribution in [3.8, 4) is 5.69 Å². The van der Waals surface area contributed by atoms with Gasteiger partial charge in [-0.15, -0.1) is 0 Å². The SMILES string of the molecule is C/C=C\C.C=C/C=C\C.C=Cc1c(Nc2ccccc2)ccc2cc3c(cc12)c1ccccc1n3-c1cccc2c1[se]c1ccccc12. The van der Waals surface area contributed by atoms with Gasteiger partial charge in [0.2, 0.25) is 0 Å². The molecule has 236 valence electrons. The van der Waals surface area contributed by atoms with Crippen molar-refractivity contribution in [2.75, 3.05) is 5.32 Å². The van der Waals surface area contributed by atoms with Gasteiger partial charge < -0.3 is 0 Å². The molecule has 48 heavy (non-hydrogen) atoms. The fourth-order valence-corrected chi connectivity index (χ4v) is 8.65. The van der Waals surface area contributed by atoms with E-state index in [0.29, 0.717) is 0 Å². The summed E-state index contributed by atoms with van der Waals surface area (Å²) in [4.78, 5) is 0. The maximum absolute atomic E-state index is 4.19. The zero-order valence-corrected chi connectivity index (χ0v) is 29.5. The van der Waals surface area contributed by atoms with Crippen LogP contribution in [0.2, 0.25) is 0 Å². The molecular formula is C45H40N2Se. The molecule has 0 radical (unpaired) electrons. The molecule has 0 atom stereocenters. The van der Waals surface area contributed by atoms with Gasteiger partial charge in [-0.25, -0.2) is 0 Å². The molecule has 0 aliphatic rings. The van der Waals surface area contributed by atoms with Crippen molar-refractivity contribution >= 4 is 83.8 Å². The topological polar surface area (TPSA) is 17.0 Å². The van der Waals surface area contributed by atoms with Crippen LogP contribution in [0.5, 0.6) is 0 Å². The number of rotatable bonds is 5. The molecule has 3 heteroatoms. The Morgan fingerprint density at radius 3 is 2.02 bits per heavy atom. The molecular weight excluding hydrogens is 647 g/mol. The Morgan fingerprint density at radius 2 is 1.31 bits per heavy atom. The van der Waals surface area contributed by atoms with Crippen LogP contribution in [0.4, 0.5) is 11.4 Å². The van der Waals surface area contributed by atoms with Gasteiger partial charge in [0.25, 0.3) is 0 Å². The average Bonchev–Trinajstić information content (AvgIpc) is 3.67. The summed E-state index contributed by atoms with van der Waals surface area (Å²) in [5, 5.41) is 11.3. The summed E-state index contributed by atoms with van der Waals surface area (Å²) in [6.07, 6.45) is 11.6. The Morgan fingerprint density at radius 1 is 0.604 bits per heavy atom. The van der Waals surface area contributed by atoms with Crippen molar-refractivity contribution in [3.05, 3.63) is 170 Å². The summed E-state index contributed by atoms with van der Waals surface area (Å²) in [6.45, 7) is 13.6. The Balaban J connectivity index is 0.000000399. The second kappa shape index (κ2) is 15.0. The summed E-state index contributed by atoms with van der Waals surface area (Å²) < 4.78 is 5.41. The van der Waals surface area contributed by atoms with E-state index in [1.165, 1.54) is 57.6 Å². The van der Waals surface area contributed by atoms with E-state index in [2.05, 4.69) is 138 Å². The molecule has 0 unspecified atom stereocenters. The van der Waals surface area contributed by atoms with Gasteiger partial charge in [0.15, 0.2) is 0 Å². The number of hydrogen-bond donors (Lipinski definition) is 1. The molecule has 0 aliphatic heterocycles. The van der Waals surface area contributed by atoms with E-state index < -0.39 is 0 Å². The maximum atomic E-state index is 4.19. The van der Waals surface area contributed by atoms with Crippen molar-refractivity contribution in [3.63, 3.8) is 0 Å². The van der Waals surface area contributed by atoms with Crippen LogP contribution in [-0.2, 0) is 0 Å². The van der Waals surface area contributed by atoms with Crippen molar-refractivity contribution in [2.45, 2.75) is 20.8 Å². The molecule has 1 N–H and O–H groups in total. The fourth-order valence-electron chi connectivity index (χ4n) is 6.12. The van der Waals surface area contributed by atoms with E-state index >= 15 is 0 Å². The molecule has 8 rings (SSSR count). The average molecular weight is 688 g/mol. The van der Waals surface area contributed by atoms with Crippen LogP contribution in [0.3, 0.4) is 0 Å². The van der Waals surface area contributed by atoms with Gasteiger partial charge in [0, 0.05) is 0 Å². The normalized spacial score (nSPS) is 11.2. The minimum absolute atomic E-state index is 0.269. The van der Waals surface area contributed by atoms with Crippen LogP contribution in [0, 0.1) is 0 Å². The molecule has 2 heterocycles. The van der Waals surface area contributed by atoms with Crippen LogP contribution >= 0.6 is 0 Å². The second-order valence-corrected chi connectivity index (χ2v) is 13.6. The summed E-state index contributed by atoms with van der Waals surface area (Å²) in [5.41, 5.74) is 7.02. The first kappa shape index (κ1) is 32.6. The van der Waals surface area contributed by atoms with Crippen molar-refractivity contribution < 1.29 is 0 Å². The number of allylic oxidation sites excluding steroid dienone is 5. The molecule has 0 fully saturated rings. The molecule has 2 nitrogen and oxygen atoms in total. The molecule has 0 aliphatic carbocycles. The van der Waals surface area contributed by atoms with Gasteiger partial charge in [0.05, 0.1) is 0 Å². The number of anilines is 2. The zero-order valence-electron chi connectivity index (χ0n) is 27.8. The Kier molecular flexibility index (Phi) is 10.2. The van der Waals surface area contributed by atoms with E-state index in [0.717, 1.165) is 16.9 Å². The quantitative estimate of drug-likeness (QED) is 0.108. The molecule has 0 amide bonds. The molecule has 0 bridgehead atoms. The van der Waals surface area contributed by atoms with Crippen molar-refractivity contribution in [1.29, 1.82) is 0 Å². The zero-order chi connectivity index (χ0) is 33.5. The summed E-state index contributed by atoms with van der Waals surface area (Å²) >= 11 is 0.269. The Labute approximate surface area is 289 Å². The van der Waals surface area contributed by atoms with Gasteiger partial charge >= 0.3 is 215 Å². The third kappa shape index (κ3) is 6.31. The van der Waals surface area contributed by atoms with E-state index in [9.17, 15) is 0 Å². The number of aromatic nitrogens is 1. The standard InChI is InChI=1S/C36H24N2Se.C5H8.C4H8/c1-2-25-29-22-30-26-13-6-8-16-32(26)38(33-17-10-15-28-27-14-7-9-18-35(27)39-36(28)33)34(30)21-23(29)19-20-31(25)37-24-11-4-3-5-12-24;1-3-5-4-2;1-3-4-2/h2-22,37H,1H2;3-5H,1H2,2H3;3-4H,1-2H3/b;5-4-;4-3-. The molecule has 2 aromatic heterocycles. The van der Waals surface area contributed by atoms with E-state index in [4.69, 9.17) is 0 Å². The molecule has 6 aromatic carbocycles. The number of nitrogens with zero attached hydrogens (tertiary/aromatic N) is 1. The van der Waals surface area contributed by atoms with Crippen LogP contribution < -0.4 is 5.32 Å². The number of benzene rings is 6. The third-order valence-corrected chi connectivity index (χ3v) is 10.9. The van der Waals surface area contributed by atoms with Gasteiger partial charge in [-0.2, -0.15) is 0 Å². The second-order valence-electron chi connectivity index (χ2n) is 11.3.